The Morgan fingerprint density at radius 2 is 1.61 bits per heavy atom. The fourth-order valence-electron chi connectivity index (χ4n) is 2.97. The van der Waals surface area contributed by atoms with Crippen molar-refractivity contribution in [2.24, 2.45) is 0 Å². The number of rotatable bonds is 3. The van der Waals surface area contributed by atoms with Crippen LogP contribution in [0.3, 0.4) is 0 Å². The predicted octanol–water partition coefficient (Wildman–Crippen LogP) is 3.96. The van der Waals surface area contributed by atoms with Crippen LogP contribution in [0.25, 0.3) is 10.8 Å². The lowest BCUT2D eigenvalue weighted by molar-refractivity contribution is 0.600. The van der Waals surface area contributed by atoms with Gasteiger partial charge in [0, 0.05) is 11.6 Å². The van der Waals surface area contributed by atoms with Crippen molar-refractivity contribution in [3.8, 4) is 0 Å². The number of fused-ring (bicyclic) bond motifs is 1. The number of pyridine rings is 1. The van der Waals surface area contributed by atoms with Crippen molar-refractivity contribution in [3.63, 3.8) is 0 Å². The Kier molecular flexibility index (Phi) is 3.82. The predicted molar refractivity (Wildman–Crippen MR) is 93.2 cm³/mol. The van der Waals surface area contributed by atoms with Gasteiger partial charge in [0.2, 0.25) is 0 Å². The van der Waals surface area contributed by atoms with Crippen molar-refractivity contribution in [3.05, 3.63) is 65.4 Å². The third-order valence-electron chi connectivity index (χ3n) is 3.78. The van der Waals surface area contributed by atoms with Gasteiger partial charge in [-0.15, -0.1) is 0 Å². The van der Waals surface area contributed by atoms with Crippen molar-refractivity contribution < 1.29 is 8.42 Å². The van der Waals surface area contributed by atoms with E-state index in [1.165, 1.54) is 0 Å². The van der Waals surface area contributed by atoms with Crippen LogP contribution >= 0.6 is 0 Å². The summed E-state index contributed by atoms with van der Waals surface area (Å²) >= 11 is 0. The van der Waals surface area contributed by atoms with E-state index in [-0.39, 0.29) is 0 Å². The molecule has 0 spiro atoms. The topological polar surface area (TPSA) is 59.1 Å². The lowest BCUT2D eigenvalue weighted by Crippen LogP contribution is -2.17. The summed E-state index contributed by atoms with van der Waals surface area (Å²) in [6.45, 7) is 5.58. The first-order chi connectivity index (χ1) is 10.9. The zero-order valence-electron chi connectivity index (χ0n) is 13.3. The highest BCUT2D eigenvalue weighted by Gasteiger charge is 2.21. The highest BCUT2D eigenvalue weighted by molar-refractivity contribution is 7.92. The Labute approximate surface area is 136 Å². The first-order valence-electron chi connectivity index (χ1n) is 7.33. The number of sulfonamides is 1. The number of hydrogen-bond donors (Lipinski definition) is 1. The van der Waals surface area contributed by atoms with Gasteiger partial charge in [0.1, 0.15) is 5.82 Å². The minimum Gasteiger partial charge on any atom is -0.263 e. The normalized spacial score (nSPS) is 11.6. The maximum absolute atomic E-state index is 12.8. The minimum absolute atomic E-state index is 0.317. The van der Waals surface area contributed by atoms with E-state index >= 15 is 0 Å². The third kappa shape index (κ3) is 2.92. The highest BCUT2D eigenvalue weighted by atomic mass is 32.2. The molecular formula is C18H18N2O2S. The zero-order valence-corrected chi connectivity index (χ0v) is 14.1. The van der Waals surface area contributed by atoms with Crippen LogP contribution in [0.1, 0.15) is 16.7 Å². The molecule has 0 aliphatic carbocycles. The molecule has 0 saturated carbocycles. The molecule has 0 aliphatic rings. The van der Waals surface area contributed by atoms with E-state index in [2.05, 4.69) is 9.71 Å². The summed E-state index contributed by atoms with van der Waals surface area (Å²) in [5.41, 5.74) is 2.51. The van der Waals surface area contributed by atoms with Crippen LogP contribution in [-0.4, -0.2) is 13.4 Å². The summed E-state index contributed by atoms with van der Waals surface area (Å²) in [7, 11) is -3.70. The maximum Gasteiger partial charge on any atom is 0.263 e. The van der Waals surface area contributed by atoms with E-state index in [0.29, 0.717) is 10.7 Å². The van der Waals surface area contributed by atoms with Crippen LogP contribution in [0.15, 0.2) is 53.6 Å². The van der Waals surface area contributed by atoms with E-state index in [0.717, 1.165) is 27.5 Å². The monoisotopic (exact) mass is 326 g/mol. The van der Waals surface area contributed by atoms with Gasteiger partial charge in [-0.1, -0.05) is 42.0 Å². The Hall–Kier alpha value is -2.40. The Bertz CT molecular complexity index is 967. The molecule has 23 heavy (non-hydrogen) atoms. The number of anilines is 1. The molecule has 0 fully saturated rings. The van der Waals surface area contributed by atoms with Crippen LogP contribution in [0.5, 0.6) is 0 Å². The van der Waals surface area contributed by atoms with Crippen LogP contribution in [0, 0.1) is 20.8 Å². The van der Waals surface area contributed by atoms with E-state index in [1.54, 1.807) is 6.20 Å². The van der Waals surface area contributed by atoms with Crippen LogP contribution in [-0.2, 0) is 10.0 Å². The van der Waals surface area contributed by atoms with E-state index in [4.69, 9.17) is 0 Å². The van der Waals surface area contributed by atoms with Crippen LogP contribution in [0.4, 0.5) is 5.82 Å². The number of nitrogens with one attached hydrogen (secondary N) is 1. The van der Waals surface area contributed by atoms with Gasteiger partial charge in [-0.05, 0) is 43.4 Å². The quantitative estimate of drug-likeness (QED) is 0.792. The Balaban J connectivity index is 2.12. The largest absolute Gasteiger partial charge is 0.263 e. The van der Waals surface area contributed by atoms with Crippen molar-refractivity contribution >= 4 is 26.6 Å². The summed E-state index contributed by atoms with van der Waals surface area (Å²) in [5, 5.41) is 1.72. The highest BCUT2D eigenvalue weighted by Crippen LogP contribution is 2.27. The number of benzene rings is 2. The second-order valence-electron chi connectivity index (χ2n) is 5.71. The van der Waals surface area contributed by atoms with Crippen LogP contribution < -0.4 is 4.72 Å². The standard InChI is InChI=1S/C18H18N2O2S/c1-12-10-13(2)17(14(3)11-12)23(21,22)20-18-16-7-5-4-6-15(16)8-9-19-18/h4-11H,1-3H3,(H,19,20). The SMILES string of the molecule is Cc1cc(C)c(S(=O)(=O)Nc2nccc3ccccc23)c(C)c1. The van der Waals surface area contributed by atoms with Gasteiger partial charge in [0.25, 0.3) is 10.0 Å². The smallest absolute Gasteiger partial charge is 0.263 e. The van der Waals surface area contributed by atoms with Crippen molar-refractivity contribution in [2.75, 3.05) is 4.72 Å². The second kappa shape index (κ2) is 5.66. The van der Waals surface area contributed by atoms with Gasteiger partial charge < -0.3 is 0 Å². The molecule has 0 radical (unpaired) electrons. The maximum atomic E-state index is 12.8. The van der Waals surface area contributed by atoms with Crippen molar-refractivity contribution in [1.82, 2.24) is 4.98 Å². The molecule has 3 aromatic rings. The molecule has 0 amide bonds. The fraction of sp³-hybridized carbons (Fsp3) is 0.167. The van der Waals surface area contributed by atoms with Crippen LogP contribution in [0.2, 0.25) is 0 Å². The average molecular weight is 326 g/mol. The lowest BCUT2D eigenvalue weighted by atomic mass is 10.1. The number of aryl methyl sites for hydroxylation is 3. The first kappa shape index (κ1) is 15.5. The van der Waals surface area contributed by atoms with Crippen molar-refractivity contribution in [2.45, 2.75) is 25.7 Å². The number of hydrogen-bond acceptors (Lipinski definition) is 3. The summed E-state index contributed by atoms with van der Waals surface area (Å²) in [5.74, 6) is 0.350. The summed E-state index contributed by atoms with van der Waals surface area (Å²) < 4.78 is 28.3. The second-order valence-corrected chi connectivity index (χ2v) is 7.33. The molecular weight excluding hydrogens is 308 g/mol. The van der Waals surface area contributed by atoms with Gasteiger partial charge in [0.05, 0.1) is 4.90 Å². The molecule has 1 heterocycles. The minimum atomic E-state index is -3.70. The van der Waals surface area contributed by atoms with E-state index < -0.39 is 10.0 Å². The lowest BCUT2D eigenvalue weighted by Gasteiger charge is -2.14. The molecule has 1 N–H and O–H groups in total. The molecule has 0 aliphatic heterocycles. The van der Waals surface area contributed by atoms with Gasteiger partial charge in [0.15, 0.2) is 0 Å². The molecule has 4 nitrogen and oxygen atoms in total. The molecule has 1 aromatic heterocycles. The molecule has 0 bridgehead atoms. The number of nitrogens with zero attached hydrogens (tertiary/aromatic N) is 1. The molecule has 2 aromatic carbocycles. The average Bonchev–Trinajstić information content (AvgIpc) is 2.45. The van der Waals surface area contributed by atoms with Crippen molar-refractivity contribution in [1.29, 1.82) is 0 Å². The third-order valence-corrected chi connectivity index (χ3v) is 5.42. The molecule has 118 valence electrons. The van der Waals surface area contributed by atoms with Gasteiger partial charge in [-0.25, -0.2) is 13.4 Å². The molecule has 0 atom stereocenters. The molecule has 3 rings (SSSR count). The summed E-state index contributed by atoms with van der Waals surface area (Å²) in [4.78, 5) is 4.52. The van der Waals surface area contributed by atoms with Gasteiger partial charge in [-0.3, -0.25) is 4.72 Å². The molecule has 5 heteroatoms. The Morgan fingerprint density at radius 1 is 0.957 bits per heavy atom. The molecule has 0 saturated heterocycles. The zero-order chi connectivity index (χ0) is 16.6. The summed E-state index contributed by atoms with van der Waals surface area (Å²) in [6.07, 6.45) is 1.61. The first-order valence-corrected chi connectivity index (χ1v) is 8.81. The summed E-state index contributed by atoms with van der Waals surface area (Å²) in [6, 6.07) is 13.2. The Morgan fingerprint density at radius 3 is 2.30 bits per heavy atom. The number of aromatic nitrogens is 1. The van der Waals surface area contributed by atoms with Gasteiger partial charge in [-0.2, -0.15) is 0 Å². The fourth-order valence-corrected chi connectivity index (χ4v) is 4.45. The van der Waals surface area contributed by atoms with Gasteiger partial charge >= 0.3 is 0 Å². The molecule has 0 unspecified atom stereocenters. The van der Waals surface area contributed by atoms with E-state index in [9.17, 15) is 8.42 Å². The van der Waals surface area contributed by atoms with E-state index in [1.807, 2.05) is 63.2 Å².